The van der Waals surface area contributed by atoms with Crippen molar-refractivity contribution in [3.63, 3.8) is 0 Å². The van der Waals surface area contributed by atoms with Crippen LogP contribution in [0.4, 0.5) is 0 Å². The second-order valence-corrected chi connectivity index (χ2v) is 3.94. The smallest absolute Gasteiger partial charge is 0.000969 e. The molecule has 12 heavy (non-hydrogen) atoms. The Bertz CT molecular complexity index is 91.8. The molecule has 0 aliphatic carbocycles. The molecule has 0 radical (unpaired) electrons. The summed E-state index contributed by atoms with van der Waals surface area (Å²) in [5, 5.41) is 3.16. The summed E-state index contributed by atoms with van der Waals surface area (Å²) in [5.74, 6) is 0.830. The maximum absolute atomic E-state index is 3.16. The van der Waals surface area contributed by atoms with Gasteiger partial charge in [0.1, 0.15) is 0 Å². The molecule has 0 heterocycles. The highest BCUT2D eigenvalue weighted by atomic mass is 15.1. The van der Waals surface area contributed by atoms with Crippen LogP contribution < -0.4 is 5.32 Å². The Kier molecular flexibility index (Phi) is 7.51. The molecule has 2 nitrogen and oxygen atoms in total. The lowest BCUT2D eigenvalue weighted by Gasteiger charge is -2.17. The summed E-state index contributed by atoms with van der Waals surface area (Å²) in [4.78, 5) is 2.41. The molecule has 1 N–H and O–H groups in total. The van der Waals surface area contributed by atoms with Gasteiger partial charge in [0.2, 0.25) is 0 Å². The Balaban J connectivity index is 3.15. The van der Waals surface area contributed by atoms with Crippen LogP contribution in [0.1, 0.15) is 26.7 Å². The van der Waals surface area contributed by atoms with Crippen LogP contribution in [0.3, 0.4) is 0 Å². The Morgan fingerprint density at radius 2 is 1.92 bits per heavy atom. The molecule has 0 spiro atoms. The first-order valence-corrected chi connectivity index (χ1v) is 5.00. The zero-order valence-corrected chi connectivity index (χ0v) is 9.06. The average Bonchev–Trinajstić information content (AvgIpc) is 2.01. The first kappa shape index (κ1) is 11.9. The molecule has 0 atom stereocenters. The molecule has 0 fully saturated rings. The van der Waals surface area contributed by atoms with Gasteiger partial charge in [-0.2, -0.15) is 0 Å². The van der Waals surface area contributed by atoms with Gasteiger partial charge in [-0.1, -0.05) is 13.8 Å². The first-order chi connectivity index (χ1) is 5.66. The van der Waals surface area contributed by atoms with Crippen molar-refractivity contribution in [3.8, 4) is 0 Å². The zero-order valence-electron chi connectivity index (χ0n) is 9.06. The Morgan fingerprint density at radius 3 is 2.42 bits per heavy atom. The van der Waals surface area contributed by atoms with E-state index in [0.29, 0.717) is 0 Å². The molecule has 0 aromatic carbocycles. The van der Waals surface area contributed by atoms with E-state index in [4.69, 9.17) is 0 Å². The molecule has 0 aromatic heterocycles. The van der Waals surface area contributed by atoms with Crippen LogP contribution in [0.25, 0.3) is 0 Å². The molecule has 0 saturated carbocycles. The average molecular weight is 172 g/mol. The lowest BCUT2D eigenvalue weighted by atomic mass is 10.1. The van der Waals surface area contributed by atoms with E-state index in [1.165, 1.54) is 25.9 Å². The van der Waals surface area contributed by atoms with Crippen LogP contribution in [-0.2, 0) is 0 Å². The van der Waals surface area contributed by atoms with Crippen molar-refractivity contribution < 1.29 is 0 Å². The second kappa shape index (κ2) is 7.56. The van der Waals surface area contributed by atoms with Gasteiger partial charge in [-0.25, -0.2) is 0 Å². The fourth-order valence-corrected chi connectivity index (χ4v) is 1.12. The number of hydrogen-bond donors (Lipinski definition) is 1. The molecule has 0 bridgehead atoms. The van der Waals surface area contributed by atoms with Gasteiger partial charge in [-0.15, -0.1) is 0 Å². The van der Waals surface area contributed by atoms with Gasteiger partial charge in [0.15, 0.2) is 0 Å². The topological polar surface area (TPSA) is 15.3 Å². The van der Waals surface area contributed by atoms with Crippen molar-refractivity contribution in [1.82, 2.24) is 10.2 Å². The van der Waals surface area contributed by atoms with E-state index in [9.17, 15) is 0 Å². The highest BCUT2D eigenvalue weighted by Crippen LogP contribution is 2.00. The largest absolute Gasteiger partial charge is 0.320 e. The predicted octanol–water partition coefficient (Wildman–Crippen LogP) is 1.57. The Morgan fingerprint density at radius 1 is 1.25 bits per heavy atom. The highest BCUT2D eigenvalue weighted by Gasteiger charge is 1.99. The molecule has 74 valence electrons. The van der Waals surface area contributed by atoms with Gasteiger partial charge < -0.3 is 10.2 Å². The monoisotopic (exact) mass is 172 g/mol. The van der Waals surface area contributed by atoms with Crippen molar-refractivity contribution >= 4 is 0 Å². The van der Waals surface area contributed by atoms with E-state index in [2.05, 4.69) is 31.1 Å². The standard InChI is InChI=1S/C10H24N2/c1-10(2)6-9-12(4)8-5-7-11-3/h10-11H,5-9H2,1-4H3. The van der Waals surface area contributed by atoms with E-state index in [-0.39, 0.29) is 0 Å². The fraction of sp³-hybridized carbons (Fsp3) is 1.00. The SMILES string of the molecule is CNCCCN(C)CCC(C)C. The quantitative estimate of drug-likeness (QED) is 0.586. The van der Waals surface area contributed by atoms with Crippen LogP contribution in [-0.4, -0.2) is 38.6 Å². The number of rotatable bonds is 7. The first-order valence-electron chi connectivity index (χ1n) is 5.00. The number of nitrogens with one attached hydrogen (secondary N) is 1. The van der Waals surface area contributed by atoms with Crippen LogP contribution in [0.15, 0.2) is 0 Å². The second-order valence-electron chi connectivity index (χ2n) is 3.94. The van der Waals surface area contributed by atoms with Crippen LogP contribution in [0, 0.1) is 5.92 Å². The Hall–Kier alpha value is -0.0800. The molecule has 0 unspecified atom stereocenters. The van der Waals surface area contributed by atoms with E-state index in [1.54, 1.807) is 0 Å². The van der Waals surface area contributed by atoms with Crippen molar-refractivity contribution in [2.75, 3.05) is 33.7 Å². The van der Waals surface area contributed by atoms with E-state index >= 15 is 0 Å². The van der Waals surface area contributed by atoms with E-state index in [0.717, 1.165) is 12.5 Å². The van der Waals surface area contributed by atoms with Crippen LogP contribution in [0.2, 0.25) is 0 Å². The normalized spacial score (nSPS) is 11.5. The minimum absolute atomic E-state index is 0.830. The number of hydrogen-bond acceptors (Lipinski definition) is 2. The van der Waals surface area contributed by atoms with Crippen molar-refractivity contribution in [2.24, 2.45) is 5.92 Å². The van der Waals surface area contributed by atoms with Gasteiger partial charge >= 0.3 is 0 Å². The van der Waals surface area contributed by atoms with E-state index < -0.39 is 0 Å². The van der Waals surface area contributed by atoms with Crippen LogP contribution >= 0.6 is 0 Å². The molecule has 0 amide bonds. The molecule has 0 aliphatic rings. The highest BCUT2D eigenvalue weighted by molar-refractivity contribution is 4.54. The Labute approximate surface area is 77.3 Å². The summed E-state index contributed by atoms with van der Waals surface area (Å²) in [5.41, 5.74) is 0. The predicted molar refractivity (Wildman–Crippen MR) is 55.5 cm³/mol. The van der Waals surface area contributed by atoms with E-state index in [1.807, 2.05) is 7.05 Å². The summed E-state index contributed by atoms with van der Waals surface area (Å²) in [6.07, 6.45) is 2.57. The fourth-order valence-electron chi connectivity index (χ4n) is 1.12. The summed E-state index contributed by atoms with van der Waals surface area (Å²) in [6, 6.07) is 0. The molecular weight excluding hydrogens is 148 g/mol. The summed E-state index contributed by atoms with van der Waals surface area (Å²) < 4.78 is 0. The van der Waals surface area contributed by atoms with Gasteiger partial charge in [0.25, 0.3) is 0 Å². The van der Waals surface area contributed by atoms with Crippen LogP contribution in [0.5, 0.6) is 0 Å². The van der Waals surface area contributed by atoms with Crippen molar-refractivity contribution in [2.45, 2.75) is 26.7 Å². The molecule has 0 saturated heterocycles. The maximum Gasteiger partial charge on any atom is -0.000969 e. The van der Waals surface area contributed by atoms with Gasteiger partial charge in [-0.05, 0) is 52.5 Å². The van der Waals surface area contributed by atoms with Gasteiger partial charge in [0.05, 0.1) is 0 Å². The molecule has 0 aliphatic heterocycles. The minimum atomic E-state index is 0.830. The third-order valence-corrected chi connectivity index (χ3v) is 2.05. The third-order valence-electron chi connectivity index (χ3n) is 2.05. The van der Waals surface area contributed by atoms with Crippen molar-refractivity contribution in [1.29, 1.82) is 0 Å². The van der Waals surface area contributed by atoms with Gasteiger partial charge in [-0.3, -0.25) is 0 Å². The third kappa shape index (κ3) is 8.02. The number of nitrogens with zero attached hydrogens (tertiary/aromatic N) is 1. The molecular formula is C10H24N2. The minimum Gasteiger partial charge on any atom is -0.320 e. The summed E-state index contributed by atoms with van der Waals surface area (Å²) >= 11 is 0. The summed E-state index contributed by atoms with van der Waals surface area (Å²) in [7, 11) is 4.21. The van der Waals surface area contributed by atoms with Gasteiger partial charge in [0, 0.05) is 0 Å². The molecule has 2 heteroatoms. The van der Waals surface area contributed by atoms with Crippen molar-refractivity contribution in [3.05, 3.63) is 0 Å². The lowest BCUT2D eigenvalue weighted by molar-refractivity contribution is 0.306. The maximum atomic E-state index is 3.16. The summed E-state index contributed by atoms with van der Waals surface area (Å²) in [6.45, 7) is 8.14. The molecule has 0 rings (SSSR count). The zero-order chi connectivity index (χ0) is 9.40. The molecule has 0 aromatic rings. The lowest BCUT2D eigenvalue weighted by Crippen LogP contribution is -2.24.